The number of thiophene rings is 1. The summed E-state index contributed by atoms with van der Waals surface area (Å²) < 4.78 is 27.4. The van der Waals surface area contributed by atoms with Crippen LogP contribution >= 0.6 is 11.3 Å². The Hall–Kier alpha value is -2.58. The highest BCUT2D eigenvalue weighted by Crippen LogP contribution is 2.65. The van der Waals surface area contributed by atoms with Crippen molar-refractivity contribution in [2.24, 2.45) is 11.8 Å². The summed E-state index contributed by atoms with van der Waals surface area (Å²) in [7, 11) is 5.70. The molecule has 2 aliphatic heterocycles. The molecule has 4 atom stereocenters. The fourth-order valence-electron chi connectivity index (χ4n) is 4.38. The van der Waals surface area contributed by atoms with Crippen molar-refractivity contribution in [1.82, 2.24) is 0 Å². The molecule has 2 unspecified atom stereocenters. The van der Waals surface area contributed by atoms with Gasteiger partial charge in [0, 0.05) is 4.88 Å². The average Bonchev–Trinajstić information content (AvgIpc) is 3.44. The Morgan fingerprint density at radius 1 is 1.04 bits per heavy atom. The predicted molar refractivity (Wildman–Crippen MR) is 99.5 cm³/mol. The molecule has 0 saturated carbocycles. The van der Waals surface area contributed by atoms with Crippen LogP contribution in [0.15, 0.2) is 29.6 Å². The van der Waals surface area contributed by atoms with Crippen molar-refractivity contribution in [3.05, 3.63) is 45.6 Å². The quantitative estimate of drug-likeness (QED) is 0.709. The van der Waals surface area contributed by atoms with E-state index >= 15 is 0 Å². The molecular weight excluding hydrogens is 384 g/mol. The maximum absolute atomic E-state index is 12.9. The van der Waals surface area contributed by atoms with Gasteiger partial charge in [0.2, 0.25) is 0 Å². The molecule has 1 saturated heterocycles. The van der Waals surface area contributed by atoms with Crippen LogP contribution in [0.1, 0.15) is 22.1 Å². The van der Waals surface area contributed by atoms with Crippen LogP contribution < -0.4 is 9.47 Å². The second kappa shape index (κ2) is 6.79. The molecule has 28 heavy (non-hydrogen) atoms. The Kier molecular flexibility index (Phi) is 4.55. The number of fused-ring (bicyclic) bond motifs is 5. The maximum Gasteiger partial charge on any atom is 0.313 e. The van der Waals surface area contributed by atoms with Gasteiger partial charge in [-0.1, -0.05) is 6.07 Å². The Morgan fingerprint density at radius 3 is 2.29 bits per heavy atom. The number of hydrogen-bond acceptors (Lipinski definition) is 8. The maximum atomic E-state index is 12.9. The Bertz CT molecular complexity index is 923. The van der Waals surface area contributed by atoms with E-state index in [1.165, 1.54) is 25.6 Å². The molecule has 4 rings (SSSR count). The number of carbonyl (C=O) groups excluding carboxylic acids is 2. The first-order chi connectivity index (χ1) is 13.5. The van der Waals surface area contributed by atoms with Crippen molar-refractivity contribution in [3.8, 4) is 11.5 Å². The summed E-state index contributed by atoms with van der Waals surface area (Å²) in [6.07, 6.45) is -0.659. The Balaban J connectivity index is 2.02. The summed E-state index contributed by atoms with van der Waals surface area (Å²) in [6, 6.07) is 7.39. The molecule has 0 N–H and O–H groups in total. The fraction of sp³-hybridized carbons (Fsp3) is 0.400. The van der Waals surface area contributed by atoms with E-state index in [1.807, 2.05) is 23.6 Å². The van der Waals surface area contributed by atoms with Crippen LogP contribution in [0.2, 0.25) is 0 Å². The van der Waals surface area contributed by atoms with E-state index < -0.39 is 35.5 Å². The minimum Gasteiger partial charge on any atom is -0.493 e. The van der Waals surface area contributed by atoms with Crippen LogP contribution in [0, 0.1) is 11.8 Å². The first-order valence-electron chi connectivity index (χ1n) is 8.67. The molecule has 0 radical (unpaired) electrons. The topological polar surface area (TPSA) is 80.3 Å². The second-order valence-corrected chi connectivity index (χ2v) is 7.54. The molecule has 3 heterocycles. The molecule has 1 aromatic heterocycles. The van der Waals surface area contributed by atoms with Gasteiger partial charge >= 0.3 is 11.9 Å². The molecular formula is C20H20O7S. The standard InChI is InChI=1S/C20H20O7S/c1-23-12-8-10-11(9-13(12)24-2)20(14-6-5-7-28-14)16(19(22)26-4)15(17(10)27-20)18(21)25-3/h5-9,15-17H,1-4H3/t15?,16?,17-,20-/m1/s1. The van der Waals surface area contributed by atoms with Gasteiger partial charge in [0.15, 0.2) is 11.5 Å². The van der Waals surface area contributed by atoms with Gasteiger partial charge in [0.05, 0.1) is 34.5 Å². The van der Waals surface area contributed by atoms with Crippen molar-refractivity contribution < 1.29 is 33.3 Å². The lowest BCUT2D eigenvalue weighted by atomic mass is 9.67. The van der Waals surface area contributed by atoms with Crippen LogP contribution in [0.25, 0.3) is 0 Å². The number of esters is 2. The molecule has 2 aliphatic rings. The number of methoxy groups -OCH3 is 4. The monoisotopic (exact) mass is 404 g/mol. The summed E-state index contributed by atoms with van der Waals surface area (Å²) in [4.78, 5) is 26.3. The van der Waals surface area contributed by atoms with Crippen LogP contribution in [0.4, 0.5) is 0 Å². The predicted octanol–water partition coefficient (Wildman–Crippen LogP) is 2.67. The van der Waals surface area contributed by atoms with E-state index in [0.29, 0.717) is 11.5 Å². The van der Waals surface area contributed by atoms with Gasteiger partial charge in [0.1, 0.15) is 17.4 Å². The average molecular weight is 404 g/mol. The first kappa shape index (κ1) is 18.8. The zero-order valence-corrected chi connectivity index (χ0v) is 16.7. The summed E-state index contributed by atoms with van der Waals surface area (Å²) in [6.45, 7) is 0. The molecule has 0 amide bonds. The number of ether oxygens (including phenoxy) is 5. The summed E-state index contributed by atoms with van der Waals surface area (Å²) in [5.74, 6) is -1.70. The number of carbonyl (C=O) groups is 2. The van der Waals surface area contributed by atoms with Crippen molar-refractivity contribution >= 4 is 23.3 Å². The number of benzene rings is 1. The van der Waals surface area contributed by atoms with Crippen molar-refractivity contribution in [3.63, 3.8) is 0 Å². The lowest BCUT2D eigenvalue weighted by molar-refractivity contribution is -0.158. The van der Waals surface area contributed by atoms with Gasteiger partial charge in [-0.2, -0.15) is 0 Å². The number of rotatable bonds is 5. The van der Waals surface area contributed by atoms with Gasteiger partial charge < -0.3 is 23.7 Å². The van der Waals surface area contributed by atoms with E-state index in [0.717, 1.165) is 16.0 Å². The second-order valence-electron chi connectivity index (χ2n) is 6.60. The van der Waals surface area contributed by atoms with Crippen LogP contribution in [-0.2, 0) is 29.4 Å². The third kappa shape index (κ3) is 2.31. The fourth-order valence-corrected chi connectivity index (χ4v) is 5.30. The minimum absolute atomic E-state index is 0.515. The van der Waals surface area contributed by atoms with E-state index in [-0.39, 0.29) is 0 Å². The minimum atomic E-state index is -1.15. The van der Waals surface area contributed by atoms with E-state index in [4.69, 9.17) is 23.7 Å². The molecule has 0 aliphatic carbocycles. The molecule has 8 heteroatoms. The van der Waals surface area contributed by atoms with Crippen LogP contribution in [0.3, 0.4) is 0 Å². The molecule has 1 fully saturated rings. The first-order valence-corrected chi connectivity index (χ1v) is 9.55. The Morgan fingerprint density at radius 2 is 1.71 bits per heavy atom. The van der Waals surface area contributed by atoms with Gasteiger partial charge in [-0.3, -0.25) is 9.59 Å². The smallest absolute Gasteiger partial charge is 0.313 e. The van der Waals surface area contributed by atoms with Crippen molar-refractivity contribution in [2.45, 2.75) is 11.7 Å². The van der Waals surface area contributed by atoms with Gasteiger partial charge in [-0.05, 0) is 34.7 Å². The Labute approximate surface area is 166 Å². The highest BCUT2D eigenvalue weighted by atomic mass is 32.1. The highest BCUT2D eigenvalue weighted by molar-refractivity contribution is 7.10. The molecule has 148 valence electrons. The summed E-state index contributed by atoms with van der Waals surface area (Å²) in [5, 5.41) is 1.90. The molecule has 7 nitrogen and oxygen atoms in total. The SMILES string of the molecule is COC(=O)C1C(C(=O)OC)[C@@]2(c3cccs3)O[C@@H]1c1cc(OC)c(OC)cc12. The zero-order valence-electron chi connectivity index (χ0n) is 15.9. The lowest BCUT2D eigenvalue weighted by Gasteiger charge is -2.34. The normalized spacial score (nSPS) is 27.2. The lowest BCUT2D eigenvalue weighted by Crippen LogP contribution is -2.44. The van der Waals surface area contributed by atoms with Gasteiger partial charge in [-0.25, -0.2) is 0 Å². The molecule has 0 spiro atoms. The largest absolute Gasteiger partial charge is 0.493 e. The van der Waals surface area contributed by atoms with Gasteiger partial charge in [-0.15, -0.1) is 11.3 Å². The van der Waals surface area contributed by atoms with Crippen LogP contribution in [0.5, 0.6) is 11.5 Å². The van der Waals surface area contributed by atoms with E-state index in [2.05, 4.69) is 0 Å². The van der Waals surface area contributed by atoms with Crippen molar-refractivity contribution in [1.29, 1.82) is 0 Å². The van der Waals surface area contributed by atoms with Gasteiger partial charge in [0.25, 0.3) is 0 Å². The third-order valence-electron chi connectivity index (χ3n) is 5.51. The van der Waals surface area contributed by atoms with Crippen molar-refractivity contribution in [2.75, 3.05) is 28.4 Å². The zero-order chi connectivity index (χ0) is 20.1. The summed E-state index contributed by atoms with van der Waals surface area (Å²) >= 11 is 1.45. The number of hydrogen-bond donors (Lipinski definition) is 0. The highest BCUT2D eigenvalue weighted by Gasteiger charge is 2.69. The van der Waals surface area contributed by atoms with Crippen LogP contribution in [-0.4, -0.2) is 40.4 Å². The summed E-state index contributed by atoms with van der Waals surface area (Å²) in [5.41, 5.74) is 0.398. The van der Waals surface area contributed by atoms with E-state index in [1.54, 1.807) is 20.3 Å². The molecule has 2 aromatic rings. The van der Waals surface area contributed by atoms with E-state index in [9.17, 15) is 9.59 Å². The third-order valence-corrected chi connectivity index (χ3v) is 6.50. The molecule has 1 aromatic carbocycles. The molecule has 2 bridgehead atoms.